The van der Waals surface area contributed by atoms with E-state index in [4.69, 9.17) is 22.1 Å². The van der Waals surface area contributed by atoms with Gasteiger partial charge in [-0.15, -0.1) is 0 Å². The standard InChI is InChI=1S/C18H30ClNO/c1-7-21-16-13(8-9-20)10-14(11-15(16)19)18(5,6)12-17(2,3)4/h10-11H,7-9,12,20H2,1-6H3. The lowest BCUT2D eigenvalue weighted by molar-refractivity contribution is 0.283. The van der Waals surface area contributed by atoms with E-state index in [0.29, 0.717) is 18.2 Å². The summed E-state index contributed by atoms with van der Waals surface area (Å²) >= 11 is 6.46. The SMILES string of the molecule is CCOc1c(Cl)cc(C(C)(C)CC(C)(C)C)cc1CCN. The van der Waals surface area contributed by atoms with Gasteiger partial charge in [-0.25, -0.2) is 0 Å². The van der Waals surface area contributed by atoms with Crippen molar-refractivity contribution in [2.75, 3.05) is 13.2 Å². The first-order chi connectivity index (χ1) is 9.60. The number of benzene rings is 1. The minimum absolute atomic E-state index is 0.0655. The van der Waals surface area contributed by atoms with Gasteiger partial charge in [0, 0.05) is 0 Å². The van der Waals surface area contributed by atoms with Crippen LogP contribution in [0.4, 0.5) is 0 Å². The van der Waals surface area contributed by atoms with E-state index in [2.05, 4.69) is 46.8 Å². The number of hydrogen-bond acceptors (Lipinski definition) is 2. The van der Waals surface area contributed by atoms with Crippen LogP contribution in [0.25, 0.3) is 0 Å². The van der Waals surface area contributed by atoms with Crippen molar-refractivity contribution in [2.45, 2.75) is 59.8 Å². The fourth-order valence-corrected chi connectivity index (χ4v) is 3.41. The Morgan fingerprint density at radius 1 is 1.14 bits per heavy atom. The molecule has 0 saturated heterocycles. The van der Waals surface area contributed by atoms with Crippen LogP contribution in [-0.4, -0.2) is 13.2 Å². The van der Waals surface area contributed by atoms with Crippen molar-refractivity contribution >= 4 is 11.6 Å². The number of halogens is 1. The predicted octanol–water partition coefficient (Wildman–Crippen LogP) is 4.95. The Labute approximate surface area is 135 Å². The van der Waals surface area contributed by atoms with E-state index in [9.17, 15) is 0 Å². The van der Waals surface area contributed by atoms with Crippen molar-refractivity contribution in [3.05, 3.63) is 28.3 Å². The molecule has 1 aromatic rings. The van der Waals surface area contributed by atoms with E-state index in [-0.39, 0.29) is 10.8 Å². The third-order valence-corrected chi connectivity index (χ3v) is 3.86. The lowest BCUT2D eigenvalue weighted by Crippen LogP contribution is -2.25. The minimum Gasteiger partial charge on any atom is -0.492 e. The van der Waals surface area contributed by atoms with Crippen molar-refractivity contribution < 1.29 is 4.74 Å². The van der Waals surface area contributed by atoms with Crippen molar-refractivity contribution in [1.82, 2.24) is 0 Å². The highest BCUT2D eigenvalue weighted by atomic mass is 35.5. The molecule has 0 atom stereocenters. The molecule has 0 aliphatic rings. The largest absolute Gasteiger partial charge is 0.492 e. The zero-order chi connectivity index (χ0) is 16.3. The van der Waals surface area contributed by atoms with Gasteiger partial charge in [-0.3, -0.25) is 0 Å². The molecule has 0 aliphatic heterocycles. The Bertz CT molecular complexity index is 475. The molecule has 21 heavy (non-hydrogen) atoms. The summed E-state index contributed by atoms with van der Waals surface area (Å²) < 4.78 is 5.70. The number of rotatable bonds is 6. The molecule has 120 valence electrons. The van der Waals surface area contributed by atoms with Gasteiger partial charge in [0.25, 0.3) is 0 Å². The molecule has 0 saturated carbocycles. The normalized spacial score (nSPS) is 12.6. The van der Waals surface area contributed by atoms with Gasteiger partial charge in [0.2, 0.25) is 0 Å². The minimum atomic E-state index is 0.0655. The zero-order valence-electron chi connectivity index (χ0n) is 14.3. The summed E-state index contributed by atoms with van der Waals surface area (Å²) in [7, 11) is 0. The van der Waals surface area contributed by atoms with Gasteiger partial charge < -0.3 is 10.5 Å². The topological polar surface area (TPSA) is 35.2 Å². The van der Waals surface area contributed by atoms with Gasteiger partial charge in [-0.05, 0) is 54.3 Å². The maximum Gasteiger partial charge on any atom is 0.141 e. The fourth-order valence-electron chi connectivity index (χ4n) is 3.12. The first-order valence-electron chi connectivity index (χ1n) is 7.76. The molecule has 0 unspecified atom stereocenters. The second-order valence-electron chi connectivity index (χ2n) is 7.54. The van der Waals surface area contributed by atoms with Gasteiger partial charge in [0.1, 0.15) is 5.75 Å². The van der Waals surface area contributed by atoms with Crippen LogP contribution in [-0.2, 0) is 11.8 Å². The van der Waals surface area contributed by atoms with Gasteiger partial charge >= 0.3 is 0 Å². The second-order valence-corrected chi connectivity index (χ2v) is 7.95. The summed E-state index contributed by atoms with van der Waals surface area (Å²) in [6, 6.07) is 4.27. The average molecular weight is 312 g/mol. The van der Waals surface area contributed by atoms with Crippen LogP contribution in [0.15, 0.2) is 12.1 Å². The molecule has 0 bridgehead atoms. The lowest BCUT2D eigenvalue weighted by Gasteiger charge is -2.33. The fraction of sp³-hybridized carbons (Fsp3) is 0.667. The predicted molar refractivity (Wildman–Crippen MR) is 92.5 cm³/mol. The Kier molecular flexibility index (Phi) is 6.12. The first kappa shape index (κ1) is 18.3. The van der Waals surface area contributed by atoms with Crippen LogP contribution >= 0.6 is 11.6 Å². The monoisotopic (exact) mass is 311 g/mol. The molecule has 1 aromatic carbocycles. The average Bonchev–Trinajstić information content (AvgIpc) is 2.30. The maximum atomic E-state index is 6.46. The van der Waals surface area contributed by atoms with Crippen LogP contribution in [0, 0.1) is 5.41 Å². The van der Waals surface area contributed by atoms with Crippen molar-refractivity contribution in [3.63, 3.8) is 0 Å². The van der Waals surface area contributed by atoms with E-state index < -0.39 is 0 Å². The van der Waals surface area contributed by atoms with E-state index in [1.54, 1.807) is 0 Å². The third-order valence-electron chi connectivity index (χ3n) is 3.58. The molecule has 2 nitrogen and oxygen atoms in total. The summed E-state index contributed by atoms with van der Waals surface area (Å²) in [5, 5.41) is 0.694. The molecule has 3 heteroatoms. The van der Waals surface area contributed by atoms with Crippen LogP contribution in [0.5, 0.6) is 5.75 Å². The van der Waals surface area contributed by atoms with E-state index in [1.807, 2.05) is 6.92 Å². The zero-order valence-corrected chi connectivity index (χ0v) is 15.1. The Hall–Kier alpha value is -0.730. The molecule has 0 amide bonds. The van der Waals surface area contributed by atoms with E-state index in [1.165, 1.54) is 5.56 Å². The summed E-state index contributed by atoms with van der Waals surface area (Å²) in [6.45, 7) is 14.5. The smallest absolute Gasteiger partial charge is 0.141 e. The maximum absolute atomic E-state index is 6.46. The van der Waals surface area contributed by atoms with Crippen LogP contribution in [0.3, 0.4) is 0 Å². The number of ether oxygens (including phenoxy) is 1. The highest BCUT2D eigenvalue weighted by Crippen LogP contribution is 2.40. The van der Waals surface area contributed by atoms with Crippen molar-refractivity contribution in [3.8, 4) is 5.75 Å². The summed E-state index contributed by atoms with van der Waals surface area (Å²) in [6.07, 6.45) is 1.88. The van der Waals surface area contributed by atoms with E-state index >= 15 is 0 Å². The third kappa shape index (κ3) is 5.19. The molecule has 0 aliphatic carbocycles. The number of hydrogen-bond donors (Lipinski definition) is 1. The summed E-state index contributed by atoms with van der Waals surface area (Å²) in [5.74, 6) is 0.792. The molecule has 0 fully saturated rings. The first-order valence-corrected chi connectivity index (χ1v) is 8.14. The molecule has 0 radical (unpaired) electrons. The highest BCUT2D eigenvalue weighted by Gasteiger charge is 2.28. The quantitative estimate of drug-likeness (QED) is 0.806. The van der Waals surface area contributed by atoms with Gasteiger partial charge in [0.15, 0.2) is 0 Å². The molecular formula is C18H30ClNO. The molecule has 0 spiro atoms. The molecule has 0 aromatic heterocycles. The second kappa shape index (κ2) is 7.02. The van der Waals surface area contributed by atoms with Gasteiger partial charge in [-0.2, -0.15) is 0 Å². The molecule has 0 heterocycles. The van der Waals surface area contributed by atoms with Crippen LogP contribution < -0.4 is 10.5 Å². The van der Waals surface area contributed by atoms with Gasteiger partial charge in [0.05, 0.1) is 11.6 Å². The Morgan fingerprint density at radius 3 is 2.24 bits per heavy atom. The van der Waals surface area contributed by atoms with Crippen molar-refractivity contribution in [2.24, 2.45) is 11.1 Å². The Morgan fingerprint density at radius 2 is 1.76 bits per heavy atom. The summed E-state index contributed by atoms with van der Waals surface area (Å²) in [5.41, 5.74) is 8.44. The highest BCUT2D eigenvalue weighted by molar-refractivity contribution is 6.32. The Balaban J connectivity index is 3.25. The van der Waals surface area contributed by atoms with Crippen molar-refractivity contribution in [1.29, 1.82) is 0 Å². The van der Waals surface area contributed by atoms with Crippen LogP contribution in [0.1, 0.15) is 59.1 Å². The van der Waals surface area contributed by atoms with Gasteiger partial charge in [-0.1, -0.05) is 52.3 Å². The van der Waals surface area contributed by atoms with E-state index in [0.717, 1.165) is 24.2 Å². The lowest BCUT2D eigenvalue weighted by atomic mass is 9.72. The van der Waals surface area contributed by atoms with Crippen LogP contribution in [0.2, 0.25) is 5.02 Å². The molecule has 1 rings (SSSR count). The molecule has 2 N–H and O–H groups in total. The molecular weight excluding hydrogens is 282 g/mol. The summed E-state index contributed by atoms with van der Waals surface area (Å²) in [4.78, 5) is 0. The number of nitrogens with two attached hydrogens (primary N) is 1.